The van der Waals surface area contributed by atoms with Crippen molar-refractivity contribution in [1.82, 2.24) is 5.32 Å². The number of benzene rings is 1. The van der Waals surface area contributed by atoms with Gasteiger partial charge in [-0.3, -0.25) is 10.1 Å². The molecule has 1 unspecified atom stereocenters. The number of nitrogens with zero attached hydrogens (tertiary/aromatic N) is 1. The van der Waals surface area contributed by atoms with Crippen LogP contribution in [0.3, 0.4) is 0 Å². The summed E-state index contributed by atoms with van der Waals surface area (Å²) in [5.41, 5.74) is 1.05. The predicted molar refractivity (Wildman–Crippen MR) is 82.8 cm³/mol. The van der Waals surface area contributed by atoms with Crippen molar-refractivity contribution in [2.45, 2.75) is 44.6 Å². The maximum Gasteiger partial charge on any atom is 0.269 e. The summed E-state index contributed by atoms with van der Waals surface area (Å²) in [4.78, 5) is 10.6. The number of nitro groups is 1. The Morgan fingerprint density at radius 3 is 2.71 bits per heavy atom. The van der Waals surface area contributed by atoms with E-state index >= 15 is 0 Å². The number of non-ortho nitro benzene ring substituents is 1. The van der Waals surface area contributed by atoms with Crippen LogP contribution in [-0.2, 0) is 6.42 Å². The van der Waals surface area contributed by atoms with E-state index in [1.807, 2.05) is 7.05 Å². The minimum absolute atomic E-state index is 0.132. The van der Waals surface area contributed by atoms with Crippen LogP contribution >= 0.6 is 0 Å². The van der Waals surface area contributed by atoms with Crippen LogP contribution in [0.15, 0.2) is 18.2 Å². The highest BCUT2D eigenvalue weighted by atomic mass is 16.6. The second-order valence-corrected chi connectivity index (χ2v) is 5.73. The molecule has 1 saturated carbocycles. The van der Waals surface area contributed by atoms with Crippen molar-refractivity contribution < 1.29 is 9.66 Å². The fraction of sp³-hybridized carbons (Fsp3) is 0.625. The van der Waals surface area contributed by atoms with E-state index in [-0.39, 0.29) is 10.6 Å². The number of ether oxygens (including phenoxy) is 1. The maximum atomic E-state index is 10.9. The van der Waals surface area contributed by atoms with E-state index in [1.165, 1.54) is 31.7 Å². The van der Waals surface area contributed by atoms with Gasteiger partial charge in [-0.15, -0.1) is 0 Å². The molecule has 0 radical (unpaired) electrons. The summed E-state index contributed by atoms with van der Waals surface area (Å²) >= 11 is 0. The summed E-state index contributed by atoms with van der Waals surface area (Å²) in [6.07, 6.45) is 7.01. The van der Waals surface area contributed by atoms with Gasteiger partial charge in [0.05, 0.1) is 12.0 Å². The van der Waals surface area contributed by atoms with Crippen molar-refractivity contribution in [3.05, 3.63) is 33.9 Å². The van der Waals surface area contributed by atoms with E-state index in [4.69, 9.17) is 4.74 Å². The number of nitro benzene ring substituents is 1. The Labute approximate surface area is 125 Å². The van der Waals surface area contributed by atoms with E-state index in [2.05, 4.69) is 5.32 Å². The molecule has 1 aromatic carbocycles. The zero-order valence-corrected chi connectivity index (χ0v) is 12.8. The van der Waals surface area contributed by atoms with Gasteiger partial charge in [-0.25, -0.2) is 0 Å². The van der Waals surface area contributed by atoms with E-state index < -0.39 is 0 Å². The minimum Gasteiger partial charge on any atom is -0.496 e. The largest absolute Gasteiger partial charge is 0.496 e. The molecule has 0 spiro atoms. The molecule has 0 heterocycles. The summed E-state index contributed by atoms with van der Waals surface area (Å²) < 4.78 is 5.33. The number of methoxy groups -OCH3 is 1. The van der Waals surface area contributed by atoms with Gasteiger partial charge < -0.3 is 10.1 Å². The Bertz CT molecular complexity index is 484. The monoisotopic (exact) mass is 292 g/mol. The van der Waals surface area contributed by atoms with Crippen molar-refractivity contribution in [3.63, 3.8) is 0 Å². The van der Waals surface area contributed by atoms with Gasteiger partial charge in [-0.05, 0) is 44.7 Å². The summed E-state index contributed by atoms with van der Waals surface area (Å²) in [6.45, 7) is 0. The zero-order valence-electron chi connectivity index (χ0n) is 12.8. The minimum atomic E-state index is -0.352. The lowest BCUT2D eigenvalue weighted by molar-refractivity contribution is -0.384. The first-order valence-corrected chi connectivity index (χ1v) is 7.64. The van der Waals surface area contributed by atoms with Crippen LogP contribution in [0.25, 0.3) is 0 Å². The van der Waals surface area contributed by atoms with Gasteiger partial charge in [0.2, 0.25) is 0 Å². The van der Waals surface area contributed by atoms with Crippen LogP contribution in [0.2, 0.25) is 0 Å². The number of nitrogens with one attached hydrogen (secondary N) is 1. The summed E-state index contributed by atoms with van der Waals surface area (Å²) in [5, 5.41) is 14.3. The fourth-order valence-electron chi connectivity index (χ4n) is 3.36. The number of hydrogen-bond acceptors (Lipinski definition) is 4. The van der Waals surface area contributed by atoms with Gasteiger partial charge in [0.25, 0.3) is 5.69 Å². The van der Waals surface area contributed by atoms with Gasteiger partial charge in [-0.2, -0.15) is 0 Å². The highest BCUT2D eigenvalue weighted by Gasteiger charge is 2.24. The number of hydrogen-bond donors (Lipinski definition) is 1. The first-order chi connectivity index (χ1) is 10.2. The predicted octanol–water partition coefficient (Wildman–Crippen LogP) is 3.31. The fourth-order valence-corrected chi connectivity index (χ4v) is 3.36. The first kappa shape index (κ1) is 15.8. The quantitative estimate of drug-likeness (QED) is 0.618. The third-order valence-electron chi connectivity index (χ3n) is 4.54. The molecule has 1 N–H and O–H groups in total. The Kier molecular flexibility index (Phi) is 5.56. The third-order valence-corrected chi connectivity index (χ3v) is 4.54. The van der Waals surface area contributed by atoms with Crippen molar-refractivity contribution in [1.29, 1.82) is 0 Å². The second-order valence-electron chi connectivity index (χ2n) is 5.73. The molecule has 0 saturated heterocycles. The Morgan fingerprint density at radius 1 is 1.43 bits per heavy atom. The lowest BCUT2D eigenvalue weighted by Gasteiger charge is -2.23. The number of aryl methyl sites for hydroxylation is 1. The average molecular weight is 292 g/mol. The molecule has 1 aliphatic rings. The van der Waals surface area contributed by atoms with Crippen molar-refractivity contribution in [2.75, 3.05) is 14.2 Å². The van der Waals surface area contributed by atoms with Crippen molar-refractivity contribution >= 4 is 5.69 Å². The molecule has 1 aromatic rings. The molecule has 0 amide bonds. The highest BCUT2D eigenvalue weighted by molar-refractivity contribution is 5.43. The van der Waals surface area contributed by atoms with E-state index in [1.54, 1.807) is 19.2 Å². The Balaban J connectivity index is 2.06. The molecule has 0 aliphatic heterocycles. The molecule has 1 atom stereocenters. The number of rotatable bonds is 7. The molecule has 1 fully saturated rings. The molecule has 1 aliphatic carbocycles. The van der Waals surface area contributed by atoms with Crippen LogP contribution in [0, 0.1) is 16.0 Å². The van der Waals surface area contributed by atoms with Gasteiger partial charge in [0, 0.05) is 23.7 Å². The average Bonchev–Trinajstić information content (AvgIpc) is 3.02. The molecule has 5 nitrogen and oxygen atoms in total. The van der Waals surface area contributed by atoms with Gasteiger partial charge in [0.1, 0.15) is 5.75 Å². The lowest BCUT2D eigenvalue weighted by Crippen LogP contribution is -2.32. The topological polar surface area (TPSA) is 64.4 Å². The smallest absolute Gasteiger partial charge is 0.269 e. The summed E-state index contributed by atoms with van der Waals surface area (Å²) in [5.74, 6) is 1.47. The maximum absolute atomic E-state index is 10.9. The van der Waals surface area contributed by atoms with E-state index in [0.29, 0.717) is 6.04 Å². The van der Waals surface area contributed by atoms with Crippen molar-refractivity contribution in [3.8, 4) is 5.75 Å². The van der Waals surface area contributed by atoms with Gasteiger partial charge in [0.15, 0.2) is 0 Å². The van der Waals surface area contributed by atoms with Crippen molar-refractivity contribution in [2.24, 2.45) is 5.92 Å². The van der Waals surface area contributed by atoms with Crippen LogP contribution < -0.4 is 10.1 Å². The Hall–Kier alpha value is -1.62. The Morgan fingerprint density at radius 2 is 2.14 bits per heavy atom. The van der Waals surface area contributed by atoms with Crippen LogP contribution in [0.5, 0.6) is 5.75 Å². The standard InChI is InChI=1S/C16H24N2O3/c1-17-15(12-5-3-4-6-12)9-7-13-11-14(18(19)20)8-10-16(13)21-2/h8,10-12,15,17H,3-7,9H2,1-2H3. The van der Waals surface area contributed by atoms with Gasteiger partial charge in [-0.1, -0.05) is 12.8 Å². The summed E-state index contributed by atoms with van der Waals surface area (Å²) in [7, 11) is 3.62. The molecule has 116 valence electrons. The molecular weight excluding hydrogens is 268 g/mol. The first-order valence-electron chi connectivity index (χ1n) is 7.64. The molecule has 0 bridgehead atoms. The lowest BCUT2D eigenvalue weighted by atomic mass is 9.92. The van der Waals surface area contributed by atoms with Crippen LogP contribution in [0.1, 0.15) is 37.7 Å². The molecule has 0 aromatic heterocycles. The highest BCUT2D eigenvalue weighted by Crippen LogP contribution is 2.31. The van der Waals surface area contributed by atoms with E-state index in [9.17, 15) is 10.1 Å². The SMILES string of the molecule is CNC(CCc1cc([N+](=O)[O-])ccc1OC)C1CCCC1. The zero-order chi connectivity index (χ0) is 15.2. The van der Waals surface area contributed by atoms with Crippen LogP contribution in [-0.4, -0.2) is 25.1 Å². The summed E-state index contributed by atoms with van der Waals surface area (Å²) in [6, 6.07) is 5.31. The van der Waals surface area contributed by atoms with Gasteiger partial charge >= 0.3 is 0 Å². The molecular formula is C16H24N2O3. The molecule has 5 heteroatoms. The molecule has 2 rings (SSSR count). The second kappa shape index (κ2) is 7.41. The van der Waals surface area contributed by atoms with E-state index in [0.717, 1.165) is 30.1 Å². The normalized spacial score (nSPS) is 16.9. The third kappa shape index (κ3) is 3.94. The van der Waals surface area contributed by atoms with Crippen LogP contribution in [0.4, 0.5) is 5.69 Å². The molecule has 21 heavy (non-hydrogen) atoms.